The Labute approximate surface area is 142 Å². The molecule has 0 aromatic carbocycles. The fraction of sp³-hybridized carbons (Fsp3) is 0.750. The van der Waals surface area contributed by atoms with Crippen LogP contribution in [0.2, 0.25) is 18.1 Å². The average Bonchev–Trinajstić information content (AvgIpc) is 3.12. The van der Waals surface area contributed by atoms with Crippen LogP contribution in [-0.2, 0) is 13.9 Å². The van der Waals surface area contributed by atoms with Crippen LogP contribution in [0.5, 0.6) is 0 Å². The molecule has 0 radical (unpaired) electrons. The molecule has 0 saturated carbocycles. The number of nitrogens with one attached hydrogen (secondary N) is 1. The van der Waals surface area contributed by atoms with Gasteiger partial charge in [0.2, 0.25) is 5.79 Å². The standard InChI is InChI=1S/C16H26N2O5Si/c1-10-8-18(14(20)17-13(10)19)12-7-11(16(22-12)9-21-16)23-24(5,6)15(2,3)4/h8,11-12H,7,9H2,1-6H3,(H,17,19,20)/t11-,12-,16?/m1/s1. The van der Waals surface area contributed by atoms with Gasteiger partial charge in [-0.2, -0.15) is 0 Å². The Morgan fingerprint density at radius 3 is 2.54 bits per heavy atom. The van der Waals surface area contributed by atoms with E-state index in [1.807, 2.05) is 0 Å². The molecule has 3 atom stereocenters. The maximum absolute atomic E-state index is 12.1. The van der Waals surface area contributed by atoms with Crippen molar-refractivity contribution in [3.63, 3.8) is 0 Å². The zero-order valence-corrected chi connectivity index (χ0v) is 16.1. The topological polar surface area (TPSA) is 85.8 Å². The third-order valence-electron chi connectivity index (χ3n) is 5.37. The third kappa shape index (κ3) is 2.92. The summed E-state index contributed by atoms with van der Waals surface area (Å²) in [6, 6.07) is 0. The Hall–Kier alpha value is -1.22. The summed E-state index contributed by atoms with van der Waals surface area (Å²) in [5.74, 6) is -0.746. The van der Waals surface area contributed by atoms with Crippen LogP contribution in [0.3, 0.4) is 0 Å². The Bertz CT molecular complexity index is 757. The molecule has 0 amide bonds. The maximum Gasteiger partial charge on any atom is 0.330 e. The van der Waals surface area contributed by atoms with Crippen LogP contribution < -0.4 is 11.2 Å². The lowest BCUT2D eigenvalue weighted by Gasteiger charge is -2.38. The van der Waals surface area contributed by atoms with Crippen LogP contribution in [-0.4, -0.2) is 36.4 Å². The number of H-pyrrole nitrogens is 1. The molecule has 3 rings (SSSR count). The Morgan fingerprint density at radius 2 is 2.00 bits per heavy atom. The molecule has 2 fully saturated rings. The van der Waals surface area contributed by atoms with E-state index in [0.717, 1.165) is 0 Å². The highest BCUT2D eigenvalue weighted by Crippen LogP contribution is 2.50. The average molecular weight is 354 g/mol. The van der Waals surface area contributed by atoms with E-state index < -0.39 is 26.0 Å². The van der Waals surface area contributed by atoms with Crippen LogP contribution in [0.15, 0.2) is 15.8 Å². The molecule has 7 nitrogen and oxygen atoms in total. The lowest BCUT2D eigenvalue weighted by atomic mass is 10.2. The lowest BCUT2D eigenvalue weighted by molar-refractivity contribution is -0.0954. The van der Waals surface area contributed by atoms with Gasteiger partial charge in [-0.1, -0.05) is 20.8 Å². The van der Waals surface area contributed by atoms with Gasteiger partial charge in [0.15, 0.2) is 8.32 Å². The predicted molar refractivity (Wildman–Crippen MR) is 91.6 cm³/mol. The highest BCUT2D eigenvalue weighted by molar-refractivity contribution is 6.74. The fourth-order valence-electron chi connectivity index (χ4n) is 2.68. The molecule has 2 aliphatic heterocycles. The number of rotatable bonds is 3. The van der Waals surface area contributed by atoms with Crippen molar-refractivity contribution < 1.29 is 13.9 Å². The molecular weight excluding hydrogens is 328 g/mol. The molecule has 8 heteroatoms. The van der Waals surface area contributed by atoms with Crippen LogP contribution in [0, 0.1) is 6.92 Å². The van der Waals surface area contributed by atoms with Gasteiger partial charge in [0, 0.05) is 18.2 Å². The summed E-state index contributed by atoms with van der Waals surface area (Å²) >= 11 is 0. The molecule has 0 bridgehead atoms. The minimum Gasteiger partial charge on any atom is -0.408 e. The molecule has 24 heavy (non-hydrogen) atoms. The van der Waals surface area contributed by atoms with Crippen molar-refractivity contribution in [3.8, 4) is 0 Å². The minimum absolute atomic E-state index is 0.0760. The van der Waals surface area contributed by atoms with Crippen molar-refractivity contribution in [2.45, 2.75) is 70.4 Å². The number of nitrogens with zero attached hydrogens (tertiary/aromatic N) is 1. The number of hydrogen-bond donors (Lipinski definition) is 1. The third-order valence-corrected chi connectivity index (χ3v) is 9.86. The van der Waals surface area contributed by atoms with E-state index >= 15 is 0 Å². The second-order valence-electron chi connectivity index (χ2n) is 8.25. The summed E-state index contributed by atoms with van der Waals surface area (Å²) in [5.41, 5.74) is -0.377. The van der Waals surface area contributed by atoms with Gasteiger partial charge in [-0.15, -0.1) is 0 Å². The lowest BCUT2D eigenvalue weighted by Crippen LogP contribution is -2.46. The van der Waals surface area contributed by atoms with E-state index in [-0.39, 0.29) is 16.7 Å². The maximum atomic E-state index is 12.1. The molecule has 1 unspecified atom stereocenters. The van der Waals surface area contributed by atoms with Crippen LogP contribution in [0.1, 0.15) is 39.0 Å². The van der Waals surface area contributed by atoms with E-state index in [9.17, 15) is 9.59 Å². The van der Waals surface area contributed by atoms with Crippen molar-refractivity contribution in [2.75, 3.05) is 6.61 Å². The second kappa shape index (κ2) is 5.39. The number of hydrogen-bond acceptors (Lipinski definition) is 5. The minimum atomic E-state index is -1.99. The van der Waals surface area contributed by atoms with Gasteiger partial charge in [-0.3, -0.25) is 14.3 Å². The van der Waals surface area contributed by atoms with Gasteiger partial charge >= 0.3 is 5.69 Å². The number of aryl methyl sites for hydroxylation is 1. The van der Waals surface area contributed by atoms with Crippen LogP contribution in [0.4, 0.5) is 0 Å². The van der Waals surface area contributed by atoms with Crippen molar-refractivity contribution >= 4 is 8.32 Å². The monoisotopic (exact) mass is 354 g/mol. The SMILES string of the molecule is Cc1cn([C@H]2C[C@@H](O[Si](C)(C)C(C)(C)C)C3(CO3)O2)c(=O)[nH]c1=O. The van der Waals surface area contributed by atoms with Gasteiger partial charge in [-0.05, 0) is 25.1 Å². The first-order valence-electron chi connectivity index (χ1n) is 8.27. The zero-order valence-electron chi connectivity index (χ0n) is 15.1. The van der Waals surface area contributed by atoms with Gasteiger partial charge in [0.05, 0.1) is 0 Å². The smallest absolute Gasteiger partial charge is 0.330 e. The molecule has 2 aliphatic rings. The second-order valence-corrected chi connectivity index (χ2v) is 13.0. The van der Waals surface area contributed by atoms with Crippen LogP contribution >= 0.6 is 0 Å². The fourth-order valence-corrected chi connectivity index (χ4v) is 4.02. The van der Waals surface area contributed by atoms with Crippen LogP contribution in [0.25, 0.3) is 0 Å². The first-order chi connectivity index (χ1) is 11.0. The van der Waals surface area contributed by atoms with Crippen molar-refractivity contribution in [3.05, 3.63) is 32.6 Å². The van der Waals surface area contributed by atoms with E-state index in [2.05, 4.69) is 38.8 Å². The molecule has 134 valence electrons. The summed E-state index contributed by atoms with van der Waals surface area (Å²) < 4.78 is 19.5. The molecule has 1 spiro atoms. The van der Waals surface area contributed by atoms with Gasteiger partial charge in [0.1, 0.15) is 18.9 Å². The molecule has 0 aliphatic carbocycles. The van der Waals surface area contributed by atoms with Crippen molar-refractivity contribution in [2.24, 2.45) is 0 Å². The summed E-state index contributed by atoms with van der Waals surface area (Å²) in [7, 11) is -1.99. The predicted octanol–water partition coefficient (Wildman–Crippen LogP) is 1.88. The van der Waals surface area contributed by atoms with Gasteiger partial charge < -0.3 is 13.9 Å². The molecule has 1 aromatic heterocycles. The summed E-state index contributed by atoms with van der Waals surface area (Å²) in [4.78, 5) is 26.0. The largest absolute Gasteiger partial charge is 0.408 e. The van der Waals surface area contributed by atoms with E-state index in [0.29, 0.717) is 18.6 Å². The molecular formula is C16H26N2O5Si. The first kappa shape index (κ1) is 17.6. The van der Waals surface area contributed by atoms with Gasteiger partial charge in [0.25, 0.3) is 5.56 Å². The van der Waals surface area contributed by atoms with Gasteiger partial charge in [-0.25, -0.2) is 4.79 Å². The molecule has 1 aromatic rings. The highest BCUT2D eigenvalue weighted by atomic mass is 28.4. The molecule has 2 saturated heterocycles. The summed E-state index contributed by atoms with van der Waals surface area (Å²) in [6.45, 7) is 13.1. The quantitative estimate of drug-likeness (QED) is 0.662. The summed E-state index contributed by atoms with van der Waals surface area (Å²) in [6.07, 6.45) is 1.36. The number of aromatic amines is 1. The van der Waals surface area contributed by atoms with E-state index in [1.165, 1.54) is 10.8 Å². The Balaban J connectivity index is 1.86. The van der Waals surface area contributed by atoms with Crippen molar-refractivity contribution in [1.82, 2.24) is 9.55 Å². The van der Waals surface area contributed by atoms with E-state index in [4.69, 9.17) is 13.9 Å². The zero-order chi connectivity index (χ0) is 17.9. The molecule has 3 heterocycles. The number of ether oxygens (including phenoxy) is 2. The number of aromatic nitrogens is 2. The first-order valence-corrected chi connectivity index (χ1v) is 11.2. The number of epoxide rings is 1. The van der Waals surface area contributed by atoms with Crippen molar-refractivity contribution in [1.29, 1.82) is 0 Å². The molecule has 1 N–H and O–H groups in total. The normalized spacial score (nSPS) is 30.1. The Morgan fingerprint density at radius 1 is 1.38 bits per heavy atom. The highest BCUT2D eigenvalue weighted by Gasteiger charge is 2.62. The van der Waals surface area contributed by atoms with E-state index in [1.54, 1.807) is 6.92 Å². The Kier molecular flexibility index (Phi) is 3.95. The summed E-state index contributed by atoms with van der Waals surface area (Å²) in [5, 5.41) is 0.0760.